The van der Waals surface area contributed by atoms with Gasteiger partial charge in [0, 0.05) is 12.3 Å². The Labute approximate surface area is 140 Å². The van der Waals surface area contributed by atoms with E-state index in [9.17, 15) is 9.59 Å². The Morgan fingerprint density at radius 3 is 1.92 bits per heavy atom. The van der Waals surface area contributed by atoms with Gasteiger partial charge in [-0.25, -0.2) is 4.79 Å². The fraction of sp³-hybridized carbons (Fsp3) is 0.100. The summed E-state index contributed by atoms with van der Waals surface area (Å²) in [4.78, 5) is 24.2. The first-order valence-electron chi connectivity index (χ1n) is 7.61. The van der Waals surface area contributed by atoms with Crippen molar-refractivity contribution in [3.05, 3.63) is 106 Å². The molecule has 0 atom stereocenters. The van der Waals surface area contributed by atoms with Crippen molar-refractivity contribution in [2.75, 3.05) is 7.11 Å². The van der Waals surface area contributed by atoms with Gasteiger partial charge < -0.3 is 9.30 Å². The number of methoxy groups -OCH3 is 1. The van der Waals surface area contributed by atoms with Crippen LogP contribution >= 0.6 is 0 Å². The number of hydrogen-bond donors (Lipinski definition) is 0. The summed E-state index contributed by atoms with van der Waals surface area (Å²) in [5.41, 5.74) is 1.99. The van der Waals surface area contributed by atoms with Crippen molar-refractivity contribution >= 4 is 5.97 Å². The molecule has 0 aliphatic carbocycles. The third kappa shape index (κ3) is 3.13. The van der Waals surface area contributed by atoms with Crippen LogP contribution in [0.25, 0.3) is 0 Å². The summed E-state index contributed by atoms with van der Waals surface area (Å²) >= 11 is 0. The lowest BCUT2D eigenvalue weighted by molar-refractivity contribution is 0.0600. The van der Waals surface area contributed by atoms with E-state index < -0.39 is 5.97 Å². The van der Waals surface area contributed by atoms with Crippen LogP contribution in [0.1, 0.15) is 27.5 Å². The second kappa shape index (κ2) is 6.96. The van der Waals surface area contributed by atoms with Crippen molar-refractivity contribution in [2.24, 2.45) is 0 Å². The van der Waals surface area contributed by atoms with Crippen LogP contribution in [0, 0.1) is 0 Å². The number of benzene rings is 2. The van der Waals surface area contributed by atoms with Gasteiger partial charge in [0.1, 0.15) is 0 Å². The average Bonchev–Trinajstić information content (AvgIpc) is 2.64. The van der Waals surface area contributed by atoms with Gasteiger partial charge in [-0.1, -0.05) is 60.7 Å². The number of carbonyl (C=O) groups is 1. The molecule has 120 valence electrons. The van der Waals surface area contributed by atoms with Gasteiger partial charge in [0.05, 0.1) is 18.7 Å². The van der Waals surface area contributed by atoms with E-state index in [4.69, 9.17) is 0 Å². The maximum absolute atomic E-state index is 12.6. The Balaban J connectivity index is 2.14. The lowest BCUT2D eigenvalue weighted by Gasteiger charge is -2.21. The van der Waals surface area contributed by atoms with Gasteiger partial charge in [0.2, 0.25) is 0 Å². The van der Waals surface area contributed by atoms with Gasteiger partial charge in [0.25, 0.3) is 5.56 Å². The van der Waals surface area contributed by atoms with Crippen LogP contribution in [0.5, 0.6) is 0 Å². The number of hydrogen-bond acceptors (Lipinski definition) is 3. The first kappa shape index (κ1) is 15.7. The summed E-state index contributed by atoms with van der Waals surface area (Å²) < 4.78 is 6.30. The van der Waals surface area contributed by atoms with E-state index in [1.54, 1.807) is 16.8 Å². The van der Waals surface area contributed by atoms with E-state index in [1.807, 2.05) is 60.7 Å². The highest BCUT2D eigenvalue weighted by atomic mass is 16.5. The van der Waals surface area contributed by atoms with Crippen molar-refractivity contribution in [3.8, 4) is 0 Å². The van der Waals surface area contributed by atoms with Gasteiger partial charge in [-0.15, -0.1) is 0 Å². The van der Waals surface area contributed by atoms with Crippen LogP contribution in [0.15, 0.2) is 83.8 Å². The summed E-state index contributed by atoms with van der Waals surface area (Å²) in [5.74, 6) is -0.518. The molecule has 0 saturated heterocycles. The minimum atomic E-state index is -0.518. The molecule has 0 saturated carbocycles. The summed E-state index contributed by atoms with van der Waals surface area (Å²) in [5, 5.41) is 0. The molecule has 0 radical (unpaired) electrons. The van der Waals surface area contributed by atoms with Crippen molar-refractivity contribution in [1.82, 2.24) is 4.57 Å². The van der Waals surface area contributed by atoms with Gasteiger partial charge in [0.15, 0.2) is 0 Å². The molecule has 0 amide bonds. The van der Waals surface area contributed by atoms with Crippen LogP contribution in [0.4, 0.5) is 0 Å². The smallest absolute Gasteiger partial charge is 0.338 e. The third-order valence-corrected chi connectivity index (χ3v) is 3.88. The molecule has 0 N–H and O–H groups in total. The molecule has 3 rings (SSSR count). The van der Waals surface area contributed by atoms with E-state index in [1.165, 1.54) is 13.2 Å². The van der Waals surface area contributed by atoms with E-state index >= 15 is 0 Å². The molecule has 3 aromatic rings. The number of aromatic nitrogens is 1. The van der Waals surface area contributed by atoms with Gasteiger partial charge in [-0.2, -0.15) is 0 Å². The highest BCUT2D eigenvalue weighted by Crippen LogP contribution is 2.25. The number of ether oxygens (including phenoxy) is 1. The topological polar surface area (TPSA) is 48.3 Å². The molecule has 0 aliphatic rings. The molecule has 0 unspecified atom stereocenters. The van der Waals surface area contributed by atoms with Crippen LogP contribution in [0.3, 0.4) is 0 Å². The zero-order chi connectivity index (χ0) is 16.9. The van der Waals surface area contributed by atoms with Crippen molar-refractivity contribution in [1.29, 1.82) is 0 Å². The highest BCUT2D eigenvalue weighted by molar-refractivity contribution is 5.88. The SMILES string of the molecule is COC(=O)c1ccn(C(c2ccccc2)c2ccccc2)c(=O)c1. The molecular formula is C20H17NO3. The molecular weight excluding hydrogens is 302 g/mol. The summed E-state index contributed by atoms with van der Waals surface area (Å²) in [6, 6.07) is 22.2. The van der Waals surface area contributed by atoms with Crippen LogP contribution in [-0.4, -0.2) is 17.6 Å². The Hall–Kier alpha value is -3.14. The van der Waals surface area contributed by atoms with Gasteiger partial charge in [-0.3, -0.25) is 4.79 Å². The molecule has 2 aromatic carbocycles. The molecule has 4 nitrogen and oxygen atoms in total. The van der Waals surface area contributed by atoms with E-state index in [0.29, 0.717) is 0 Å². The predicted molar refractivity (Wildman–Crippen MR) is 92.2 cm³/mol. The summed E-state index contributed by atoms with van der Waals surface area (Å²) in [6.07, 6.45) is 1.64. The number of rotatable bonds is 4. The molecule has 24 heavy (non-hydrogen) atoms. The van der Waals surface area contributed by atoms with Gasteiger partial charge >= 0.3 is 5.97 Å². The molecule has 0 bridgehead atoms. The zero-order valence-corrected chi connectivity index (χ0v) is 13.3. The Morgan fingerprint density at radius 2 is 1.46 bits per heavy atom. The molecule has 0 aliphatic heterocycles. The first-order valence-corrected chi connectivity index (χ1v) is 7.61. The number of esters is 1. The third-order valence-electron chi connectivity index (χ3n) is 3.88. The Bertz CT molecular complexity index is 846. The molecule has 1 heterocycles. The predicted octanol–water partition coefficient (Wildman–Crippen LogP) is 3.27. The number of carbonyl (C=O) groups excluding carboxylic acids is 1. The summed E-state index contributed by atoms with van der Waals surface area (Å²) in [6.45, 7) is 0. The van der Waals surface area contributed by atoms with Crippen molar-refractivity contribution < 1.29 is 9.53 Å². The van der Waals surface area contributed by atoms with Crippen LogP contribution in [0.2, 0.25) is 0 Å². The van der Waals surface area contributed by atoms with Crippen LogP contribution in [-0.2, 0) is 4.74 Å². The number of pyridine rings is 1. The average molecular weight is 319 g/mol. The minimum absolute atomic E-state index is 0.249. The van der Waals surface area contributed by atoms with Crippen molar-refractivity contribution in [3.63, 3.8) is 0 Å². The maximum Gasteiger partial charge on any atom is 0.338 e. The minimum Gasteiger partial charge on any atom is -0.465 e. The molecule has 0 fully saturated rings. The Morgan fingerprint density at radius 1 is 0.917 bits per heavy atom. The highest BCUT2D eigenvalue weighted by Gasteiger charge is 2.18. The standard InChI is InChI=1S/C20H17NO3/c1-24-20(23)17-12-13-21(18(22)14-17)19(15-8-4-2-5-9-15)16-10-6-3-7-11-16/h2-14,19H,1H3. The van der Waals surface area contributed by atoms with Gasteiger partial charge in [-0.05, 0) is 17.2 Å². The van der Waals surface area contributed by atoms with E-state index in [0.717, 1.165) is 11.1 Å². The zero-order valence-electron chi connectivity index (χ0n) is 13.3. The fourth-order valence-electron chi connectivity index (χ4n) is 2.73. The molecule has 0 spiro atoms. The fourth-order valence-corrected chi connectivity index (χ4v) is 2.73. The van der Waals surface area contributed by atoms with Crippen LogP contribution < -0.4 is 5.56 Å². The van der Waals surface area contributed by atoms with E-state index in [2.05, 4.69) is 4.74 Å². The second-order valence-electron chi connectivity index (χ2n) is 5.38. The summed E-state index contributed by atoms with van der Waals surface area (Å²) in [7, 11) is 1.30. The number of nitrogens with zero attached hydrogens (tertiary/aromatic N) is 1. The molecule has 1 aromatic heterocycles. The van der Waals surface area contributed by atoms with Crippen molar-refractivity contribution in [2.45, 2.75) is 6.04 Å². The lowest BCUT2D eigenvalue weighted by Crippen LogP contribution is -2.26. The quantitative estimate of drug-likeness (QED) is 0.693. The lowest BCUT2D eigenvalue weighted by atomic mass is 9.98. The molecule has 4 heteroatoms. The second-order valence-corrected chi connectivity index (χ2v) is 5.38. The largest absolute Gasteiger partial charge is 0.465 e. The first-order chi connectivity index (χ1) is 11.7. The van der Waals surface area contributed by atoms with E-state index in [-0.39, 0.29) is 17.2 Å². The Kier molecular flexibility index (Phi) is 4.57. The monoisotopic (exact) mass is 319 g/mol. The maximum atomic E-state index is 12.6. The normalized spacial score (nSPS) is 10.6.